The van der Waals surface area contributed by atoms with Crippen molar-refractivity contribution in [3.8, 4) is 0 Å². The van der Waals surface area contributed by atoms with Gasteiger partial charge in [0, 0.05) is 32.0 Å². The number of halogens is 1. The Bertz CT molecular complexity index is 1430. The normalized spacial score (nSPS) is 12.8. The van der Waals surface area contributed by atoms with Crippen molar-refractivity contribution >= 4 is 27.5 Å². The van der Waals surface area contributed by atoms with Crippen molar-refractivity contribution in [1.82, 2.24) is 10.2 Å². The summed E-state index contributed by atoms with van der Waals surface area (Å²) in [5.74, 6) is -0.940. The Labute approximate surface area is 249 Å². The van der Waals surface area contributed by atoms with E-state index >= 15 is 0 Å². The van der Waals surface area contributed by atoms with Gasteiger partial charge in [0.05, 0.1) is 11.9 Å². The van der Waals surface area contributed by atoms with Crippen LogP contribution < -0.4 is 9.62 Å². The fourth-order valence-corrected chi connectivity index (χ4v) is 5.83. The predicted octanol–water partition coefficient (Wildman–Crippen LogP) is 5.54. The number of anilines is 1. The number of nitrogens with one attached hydrogen (secondary N) is 1. The number of nitrogens with zero attached hydrogens (tertiary/aromatic N) is 2. The highest BCUT2D eigenvalue weighted by Crippen LogP contribution is 2.23. The molecule has 0 spiro atoms. The molecule has 3 aromatic carbocycles. The number of hydrogen-bond donors (Lipinski definition) is 1. The molecule has 0 aliphatic carbocycles. The van der Waals surface area contributed by atoms with Crippen LogP contribution in [0.4, 0.5) is 10.1 Å². The zero-order chi connectivity index (χ0) is 30.9. The van der Waals surface area contributed by atoms with Crippen LogP contribution >= 0.6 is 0 Å². The highest BCUT2D eigenvalue weighted by atomic mass is 32.2. The number of sulfonamides is 1. The van der Waals surface area contributed by atoms with E-state index in [9.17, 15) is 22.4 Å². The summed E-state index contributed by atoms with van der Waals surface area (Å²) in [7, 11) is -3.60. The quantitative estimate of drug-likeness (QED) is 0.265. The van der Waals surface area contributed by atoms with Crippen molar-refractivity contribution in [2.45, 2.75) is 72.0 Å². The van der Waals surface area contributed by atoms with E-state index in [1.54, 1.807) is 17.0 Å². The van der Waals surface area contributed by atoms with E-state index in [0.717, 1.165) is 29.4 Å². The Balaban J connectivity index is 1.90. The molecule has 226 valence electrons. The van der Waals surface area contributed by atoms with Crippen LogP contribution in [-0.2, 0) is 32.6 Å². The van der Waals surface area contributed by atoms with E-state index in [-0.39, 0.29) is 49.6 Å². The molecule has 0 aliphatic rings. The van der Waals surface area contributed by atoms with Crippen LogP contribution in [0.25, 0.3) is 0 Å². The second kappa shape index (κ2) is 15.0. The molecule has 0 bridgehead atoms. The average molecular weight is 596 g/mol. The topological polar surface area (TPSA) is 86.8 Å². The molecule has 2 amide bonds. The molecule has 3 rings (SSSR count). The third kappa shape index (κ3) is 9.69. The summed E-state index contributed by atoms with van der Waals surface area (Å²) in [6.45, 7) is 7.92. The van der Waals surface area contributed by atoms with Crippen LogP contribution in [0.5, 0.6) is 0 Å². The standard InChI is InChI=1S/C33H42FN3O4S/c1-6-26(4)35-33(39)31(22-27-11-8-7-9-12-27)36(23-28-14-16-29(34)17-15-28)32(38)13-10-18-37(42(5,40)41)30-20-24(2)19-25(3)21-30/h7-9,11-12,14-17,19-21,26,31H,6,10,13,18,22-23H2,1-5H3,(H,35,39). The van der Waals surface area contributed by atoms with Gasteiger partial charge in [-0.3, -0.25) is 13.9 Å². The highest BCUT2D eigenvalue weighted by molar-refractivity contribution is 7.92. The first-order chi connectivity index (χ1) is 19.9. The van der Waals surface area contributed by atoms with E-state index in [2.05, 4.69) is 5.32 Å². The molecule has 1 N–H and O–H groups in total. The fourth-order valence-electron chi connectivity index (χ4n) is 4.88. The van der Waals surface area contributed by atoms with Gasteiger partial charge in [0.2, 0.25) is 21.8 Å². The van der Waals surface area contributed by atoms with Crippen molar-refractivity contribution < 1.29 is 22.4 Å². The lowest BCUT2D eigenvalue weighted by atomic mass is 10.0. The SMILES string of the molecule is CCC(C)NC(=O)C(Cc1ccccc1)N(Cc1ccc(F)cc1)C(=O)CCCN(c1cc(C)cc(C)c1)S(C)(=O)=O. The van der Waals surface area contributed by atoms with E-state index in [1.807, 2.05) is 76.2 Å². The first kappa shape index (κ1) is 32.8. The fraction of sp³-hybridized carbons (Fsp3) is 0.394. The lowest BCUT2D eigenvalue weighted by Crippen LogP contribution is -2.52. The van der Waals surface area contributed by atoms with Crippen LogP contribution in [0, 0.1) is 19.7 Å². The third-order valence-electron chi connectivity index (χ3n) is 7.18. The van der Waals surface area contributed by atoms with Crippen LogP contribution in [0.3, 0.4) is 0 Å². The lowest BCUT2D eigenvalue weighted by molar-refractivity contribution is -0.141. The Kier molecular flexibility index (Phi) is 11.7. The molecule has 0 radical (unpaired) electrons. The maximum atomic E-state index is 13.9. The van der Waals surface area contributed by atoms with Gasteiger partial charge in [0.1, 0.15) is 11.9 Å². The van der Waals surface area contributed by atoms with Crippen LogP contribution in [0.1, 0.15) is 55.4 Å². The molecule has 42 heavy (non-hydrogen) atoms. The second-order valence-corrected chi connectivity index (χ2v) is 12.9. The van der Waals surface area contributed by atoms with E-state index in [1.165, 1.54) is 16.4 Å². The minimum Gasteiger partial charge on any atom is -0.352 e. The predicted molar refractivity (Wildman–Crippen MR) is 166 cm³/mol. The first-order valence-electron chi connectivity index (χ1n) is 14.3. The summed E-state index contributed by atoms with van der Waals surface area (Å²) < 4.78 is 40.4. The van der Waals surface area contributed by atoms with Crippen molar-refractivity contribution in [3.63, 3.8) is 0 Å². The van der Waals surface area contributed by atoms with E-state index in [4.69, 9.17) is 0 Å². The smallest absolute Gasteiger partial charge is 0.243 e. The first-order valence-corrected chi connectivity index (χ1v) is 16.2. The number of rotatable bonds is 14. The molecule has 0 heterocycles. The van der Waals surface area contributed by atoms with Crippen molar-refractivity contribution in [2.24, 2.45) is 0 Å². The van der Waals surface area contributed by atoms with Crippen LogP contribution in [0.15, 0.2) is 72.8 Å². The van der Waals surface area contributed by atoms with Gasteiger partial charge in [-0.2, -0.15) is 0 Å². The molecule has 2 unspecified atom stereocenters. The third-order valence-corrected chi connectivity index (χ3v) is 8.38. The molecule has 9 heteroatoms. The van der Waals surface area contributed by atoms with E-state index in [0.29, 0.717) is 17.7 Å². The molecule has 0 aromatic heterocycles. The van der Waals surface area contributed by atoms with Crippen LogP contribution in [0.2, 0.25) is 0 Å². The average Bonchev–Trinajstić information content (AvgIpc) is 2.93. The summed E-state index contributed by atoms with van der Waals surface area (Å²) in [6.07, 6.45) is 2.47. The molecule has 7 nitrogen and oxygen atoms in total. The van der Waals surface area contributed by atoms with Crippen molar-refractivity contribution in [3.05, 3.63) is 101 Å². The van der Waals surface area contributed by atoms with Gasteiger partial charge in [-0.1, -0.05) is 55.5 Å². The zero-order valence-electron chi connectivity index (χ0n) is 25.1. The molecular formula is C33H42FN3O4S. The Hall–Kier alpha value is -3.72. The summed E-state index contributed by atoms with van der Waals surface area (Å²) in [5.41, 5.74) is 4.02. The molecule has 0 aliphatic heterocycles. The molecule has 0 saturated heterocycles. The van der Waals surface area contributed by atoms with Gasteiger partial charge < -0.3 is 10.2 Å². The lowest BCUT2D eigenvalue weighted by Gasteiger charge is -2.32. The molecule has 2 atom stereocenters. The Morgan fingerprint density at radius 1 is 0.929 bits per heavy atom. The number of carbonyl (C=O) groups is 2. The second-order valence-electron chi connectivity index (χ2n) is 11.0. The zero-order valence-corrected chi connectivity index (χ0v) is 26.0. The van der Waals surface area contributed by atoms with Gasteiger partial charge in [-0.25, -0.2) is 12.8 Å². The van der Waals surface area contributed by atoms with Gasteiger partial charge >= 0.3 is 0 Å². The highest BCUT2D eigenvalue weighted by Gasteiger charge is 2.31. The number of hydrogen-bond acceptors (Lipinski definition) is 4. The summed E-state index contributed by atoms with van der Waals surface area (Å²) >= 11 is 0. The molecule has 3 aromatic rings. The minimum atomic E-state index is -3.60. The number of carbonyl (C=O) groups excluding carboxylic acids is 2. The van der Waals surface area contributed by atoms with Gasteiger partial charge in [-0.05, 0) is 80.1 Å². The molecule has 0 fully saturated rings. The number of amides is 2. The van der Waals surface area contributed by atoms with Gasteiger partial charge in [-0.15, -0.1) is 0 Å². The monoisotopic (exact) mass is 595 g/mol. The van der Waals surface area contributed by atoms with E-state index < -0.39 is 16.1 Å². The molecule has 0 saturated carbocycles. The van der Waals surface area contributed by atoms with Crippen molar-refractivity contribution in [2.75, 3.05) is 17.1 Å². The largest absolute Gasteiger partial charge is 0.352 e. The Morgan fingerprint density at radius 3 is 2.12 bits per heavy atom. The Morgan fingerprint density at radius 2 is 1.55 bits per heavy atom. The summed E-state index contributed by atoms with van der Waals surface area (Å²) in [4.78, 5) is 29.0. The van der Waals surface area contributed by atoms with Crippen LogP contribution in [-0.4, -0.2) is 50.0 Å². The van der Waals surface area contributed by atoms with Gasteiger partial charge in [0.25, 0.3) is 0 Å². The van der Waals surface area contributed by atoms with Crippen molar-refractivity contribution in [1.29, 1.82) is 0 Å². The number of benzene rings is 3. The maximum Gasteiger partial charge on any atom is 0.243 e. The maximum absolute atomic E-state index is 13.9. The summed E-state index contributed by atoms with van der Waals surface area (Å²) in [6, 6.07) is 20.1. The van der Waals surface area contributed by atoms with Gasteiger partial charge in [0.15, 0.2) is 0 Å². The summed E-state index contributed by atoms with van der Waals surface area (Å²) in [5, 5.41) is 3.03. The minimum absolute atomic E-state index is 0.0277. The number of aryl methyl sites for hydroxylation is 2. The molecular weight excluding hydrogens is 553 g/mol.